The predicted molar refractivity (Wildman–Crippen MR) is 48.6 cm³/mol. The van der Waals surface area contributed by atoms with Gasteiger partial charge in [0.15, 0.2) is 0 Å². The summed E-state index contributed by atoms with van der Waals surface area (Å²) in [6, 6.07) is 0. The molecule has 2 rings (SSSR count). The highest BCUT2D eigenvalue weighted by Gasteiger charge is 2.39. The molecule has 2 aliphatic heterocycles. The minimum absolute atomic E-state index is 0.212. The zero-order valence-corrected chi connectivity index (χ0v) is 7.75. The van der Waals surface area contributed by atoms with E-state index in [9.17, 15) is 4.79 Å². The van der Waals surface area contributed by atoms with Crippen molar-refractivity contribution in [2.75, 3.05) is 32.7 Å². The molecule has 0 radical (unpaired) electrons. The van der Waals surface area contributed by atoms with Crippen molar-refractivity contribution in [3.8, 4) is 0 Å². The lowest BCUT2D eigenvalue weighted by Gasteiger charge is -2.48. The average Bonchev–Trinajstić information content (AvgIpc) is 2.02. The van der Waals surface area contributed by atoms with Gasteiger partial charge in [-0.25, -0.2) is 0 Å². The summed E-state index contributed by atoms with van der Waals surface area (Å²) in [7, 11) is 0. The number of hydrogen-bond donors (Lipinski definition) is 2. The third kappa shape index (κ3) is 1.84. The van der Waals surface area contributed by atoms with Crippen LogP contribution in [-0.4, -0.2) is 48.7 Å². The lowest BCUT2D eigenvalue weighted by Crippen LogP contribution is -2.58. The van der Waals surface area contributed by atoms with Crippen LogP contribution in [0.5, 0.6) is 0 Å². The van der Waals surface area contributed by atoms with E-state index in [1.807, 2.05) is 4.90 Å². The van der Waals surface area contributed by atoms with Crippen molar-refractivity contribution in [2.24, 2.45) is 5.41 Å². The number of rotatable bonds is 2. The Kier molecular flexibility index (Phi) is 2.26. The van der Waals surface area contributed by atoms with E-state index in [4.69, 9.17) is 5.11 Å². The standard InChI is InChI=1S/C9H16N2O2/c12-8(13)5-11-3-1-9(2-4-11)6-10-7-9/h10H,1-7H2,(H,12,13). The molecule has 4 nitrogen and oxygen atoms in total. The van der Waals surface area contributed by atoms with E-state index in [1.54, 1.807) is 0 Å². The fraction of sp³-hybridized carbons (Fsp3) is 0.889. The van der Waals surface area contributed by atoms with Crippen LogP contribution in [0, 0.1) is 5.41 Å². The molecule has 0 aromatic heterocycles. The van der Waals surface area contributed by atoms with Gasteiger partial charge in [0.1, 0.15) is 0 Å². The van der Waals surface area contributed by atoms with Gasteiger partial charge in [0.05, 0.1) is 6.54 Å². The van der Waals surface area contributed by atoms with E-state index in [0.717, 1.165) is 39.0 Å². The fourth-order valence-corrected chi connectivity index (χ4v) is 2.21. The van der Waals surface area contributed by atoms with Crippen LogP contribution < -0.4 is 5.32 Å². The van der Waals surface area contributed by atoms with Gasteiger partial charge in [-0.15, -0.1) is 0 Å². The van der Waals surface area contributed by atoms with E-state index in [2.05, 4.69) is 5.32 Å². The SMILES string of the molecule is O=C(O)CN1CCC2(CC1)CNC2. The highest BCUT2D eigenvalue weighted by molar-refractivity contribution is 5.69. The summed E-state index contributed by atoms with van der Waals surface area (Å²) in [4.78, 5) is 12.5. The lowest BCUT2D eigenvalue weighted by molar-refractivity contribution is -0.139. The molecular weight excluding hydrogens is 168 g/mol. The second-order valence-corrected chi connectivity index (χ2v) is 4.27. The van der Waals surface area contributed by atoms with Crippen molar-refractivity contribution in [1.82, 2.24) is 10.2 Å². The van der Waals surface area contributed by atoms with Crippen LogP contribution in [0.15, 0.2) is 0 Å². The molecule has 0 atom stereocenters. The zero-order valence-electron chi connectivity index (χ0n) is 7.75. The largest absolute Gasteiger partial charge is 0.480 e. The van der Waals surface area contributed by atoms with Crippen molar-refractivity contribution >= 4 is 5.97 Å². The van der Waals surface area contributed by atoms with Crippen LogP contribution >= 0.6 is 0 Å². The Morgan fingerprint density at radius 3 is 2.38 bits per heavy atom. The van der Waals surface area contributed by atoms with Crippen LogP contribution in [-0.2, 0) is 4.79 Å². The molecule has 4 heteroatoms. The molecule has 2 N–H and O–H groups in total. The molecule has 0 bridgehead atoms. The van der Waals surface area contributed by atoms with E-state index < -0.39 is 5.97 Å². The third-order valence-electron chi connectivity index (χ3n) is 3.28. The molecule has 2 saturated heterocycles. The molecule has 2 heterocycles. The topological polar surface area (TPSA) is 52.6 Å². The zero-order chi connectivity index (χ0) is 9.31. The van der Waals surface area contributed by atoms with Crippen molar-refractivity contribution in [1.29, 1.82) is 0 Å². The van der Waals surface area contributed by atoms with Gasteiger partial charge in [-0.1, -0.05) is 0 Å². The van der Waals surface area contributed by atoms with Gasteiger partial charge in [0.2, 0.25) is 0 Å². The van der Waals surface area contributed by atoms with Crippen LogP contribution in [0.25, 0.3) is 0 Å². The first-order valence-corrected chi connectivity index (χ1v) is 4.85. The van der Waals surface area contributed by atoms with E-state index in [1.165, 1.54) is 0 Å². The van der Waals surface area contributed by atoms with Crippen molar-refractivity contribution in [3.05, 3.63) is 0 Å². The molecule has 0 amide bonds. The number of nitrogens with one attached hydrogen (secondary N) is 1. The number of nitrogens with zero attached hydrogens (tertiary/aromatic N) is 1. The predicted octanol–water partition coefficient (Wildman–Crippen LogP) is -0.244. The quantitative estimate of drug-likeness (QED) is 0.621. The maximum absolute atomic E-state index is 10.5. The Hall–Kier alpha value is -0.610. The van der Waals surface area contributed by atoms with E-state index in [-0.39, 0.29) is 6.54 Å². The Balaban J connectivity index is 1.79. The van der Waals surface area contributed by atoms with E-state index in [0.29, 0.717) is 5.41 Å². The normalized spacial score (nSPS) is 27.1. The molecular formula is C9H16N2O2. The van der Waals surface area contributed by atoms with Gasteiger partial charge in [-0.2, -0.15) is 0 Å². The third-order valence-corrected chi connectivity index (χ3v) is 3.28. The van der Waals surface area contributed by atoms with Crippen LogP contribution in [0.3, 0.4) is 0 Å². The number of hydrogen-bond acceptors (Lipinski definition) is 3. The number of carboxylic acid groups (broad SMARTS) is 1. The van der Waals surface area contributed by atoms with Gasteiger partial charge in [0.25, 0.3) is 0 Å². The number of piperidine rings is 1. The van der Waals surface area contributed by atoms with Crippen LogP contribution in [0.4, 0.5) is 0 Å². The molecule has 2 fully saturated rings. The van der Waals surface area contributed by atoms with Crippen molar-refractivity contribution < 1.29 is 9.90 Å². The summed E-state index contributed by atoms with van der Waals surface area (Å²) < 4.78 is 0. The second kappa shape index (κ2) is 3.27. The van der Waals surface area contributed by atoms with Crippen molar-refractivity contribution in [3.63, 3.8) is 0 Å². The van der Waals surface area contributed by atoms with Crippen molar-refractivity contribution in [2.45, 2.75) is 12.8 Å². The lowest BCUT2D eigenvalue weighted by atomic mass is 9.73. The second-order valence-electron chi connectivity index (χ2n) is 4.27. The highest BCUT2D eigenvalue weighted by Crippen LogP contribution is 2.34. The van der Waals surface area contributed by atoms with Crippen LogP contribution in [0.1, 0.15) is 12.8 Å². The summed E-state index contributed by atoms with van der Waals surface area (Å²) in [6.07, 6.45) is 2.32. The van der Waals surface area contributed by atoms with Gasteiger partial charge >= 0.3 is 5.97 Å². The molecule has 0 saturated carbocycles. The molecule has 13 heavy (non-hydrogen) atoms. The summed E-state index contributed by atoms with van der Waals surface area (Å²) in [5.41, 5.74) is 0.523. The number of likely N-dealkylation sites (tertiary alicyclic amines) is 1. The monoisotopic (exact) mass is 184 g/mol. The fourth-order valence-electron chi connectivity index (χ4n) is 2.21. The average molecular weight is 184 g/mol. The maximum Gasteiger partial charge on any atom is 0.317 e. The number of aliphatic carboxylic acids is 1. The molecule has 0 aromatic rings. The maximum atomic E-state index is 10.5. The first-order valence-electron chi connectivity index (χ1n) is 4.85. The molecule has 0 aliphatic carbocycles. The minimum Gasteiger partial charge on any atom is -0.480 e. The Labute approximate surface area is 77.9 Å². The highest BCUT2D eigenvalue weighted by atomic mass is 16.4. The van der Waals surface area contributed by atoms with Crippen LogP contribution in [0.2, 0.25) is 0 Å². The van der Waals surface area contributed by atoms with Gasteiger partial charge in [0, 0.05) is 13.1 Å². The summed E-state index contributed by atoms with van der Waals surface area (Å²) in [5, 5.41) is 11.9. The Morgan fingerprint density at radius 1 is 1.38 bits per heavy atom. The molecule has 0 unspecified atom stereocenters. The van der Waals surface area contributed by atoms with Gasteiger partial charge < -0.3 is 10.4 Å². The number of carboxylic acids is 1. The summed E-state index contributed by atoms with van der Waals surface area (Å²) in [6.45, 7) is 4.38. The van der Waals surface area contributed by atoms with Gasteiger partial charge in [-0.3, -0.25) is 9.69 Å². The minimum atomic E-state index is -0.706. The van der Waals surface area contributed by atoms with Gasteiger partial charge in [-0.05, 0) is 31.3 Å². The molecule has 0 aromatic carbocycles. The smallest absolute Gasteiger partial charge is 0.317 e. The molecule has 2 aliphatic rings. The molecule has 1 spiro atoms. The summed E-state index contributed by atoms with van der Waals surface area (Å²) >= 11 is 0. The first kappa shape index (κ1) is 8.97. The first-order chi connectivity index (χ1) is 6.20. The Bertz CT molecular complexity index is 204. The summed E-state index contributed by atoms with van der Waals surface area (Å²) in [5.74, 6) is -0.706. The van der Waals surface area contributed by atoms with E-state index >= 15 is 0 Å². The molecule has 74 valence electrons. The number of carbonyl (C=O) groups is 1. The Morgan fingerprint density at radius 2 is 2.00 bits per heavy atom.